The Labute approximate surface area is 95.1 Å². The number of nitrogens with zero attached hydrogens (tertiary/aromatic N) is 2. The van der Waals surface area contributed by atoms with Crippen molar-refractivity contribution in [3.8, 4) is 0 Å². The second-order valence-electron chi connectivity index (χ2n) is 5.34. The first kappa shape index (κ1) is 9.87. The van der Waals surface area contributed by atoms with Crippen molar-refractivity contribution < 1.29 is 4.79 Å². The highest BCUT2D eigenvalue weighted by Gasteiger charge is 2.52. The average molecular weight is 219 g/mol. The molecule has 2 heterocycles. The van der Waals surface area contributed by atoms with Crippen LogP contribution in [0.5, 0.6) is 0 Å². The van der Waals surface area contributed by atoms with Crippen molar-refractivity contribution in [3.05, 3.63) is 17.2 Å². The Morgan fingerprint density at radius 1 is 1.44 bits per heavy atom. The molecular formula is C12H17N3O. The number of hydrogen-bond donors (Lipinski definition) is 1. The van der Waals surface area contributed by atoms with Gasteiger partial charge in [-0.3, -0.25) is 4.79 Å². The average Bonchev–Trinajstić information content (AvgIpc) is 2.91. The van der Waals surface area contributed by atoms with E-state index in [1.807, 2.05) is 11.6 Å². The summed E-state index contributed by atoms with van der Waals surface area (Å²) in [4.78, 5) is 16.6. The molecule has 1 saturated carbocycles. The lowest BCUT2D eigenvalue weighted by molar-refractivity contribution is 0.0928. The molecule has 1 N–H and O–H groups in total. The predicted octanol–water partition coefficient (Wildman–Crippen LogP) is 1.32. The highest BCUT2D eigenvalue weighted by Crippen LogP contribution is 2.50. The van der Waals surface area contributed by atoms with Gasteiger partial charge in [-0.2, -0.15) is 0 Å². The van der Waals surface area contributed by atoms with Crippen LogP contribution in [0.1, 0.15) is 54.6 Å². The molecule has 4 nitrogen and oxygen atoms in total. The summed E-state index contributed by atoms with van der Waals surface area (Å²) in [5.41, 5.74) is 2.00. The summed E-state index contributed by atoms with van der Waals surface area (Å²) in [7, 11) is 1.95. The Morgan fingerprint density at radius 3 is 2.69 bits per heavy atom. The first-order valence-corrected chi connectivity index (χ1v) is 5.90. The number of fused-ring (bicyclic) bond motifs is 2. The molecule has 1 spiro atoms. The van der Waals surface area contributed by atoms with E-state index >= 15 is 0 Å². The maximum absolute atomic E-state index is 11.9. The van der Waals surface area contributed by atoms with Gasteiger partial charge in [0.25, 0.3) is 5.91 Å². The molecule has 16 heavy (non-hydrogen) atoms. The van der Waals surface area contributed by atoms with E-state index in [1.54, 1.807) is 0 Å². The standard InChI is InChI=1S/C12H17N3O/c1-7(2)10-14-9-8(15(10)3)11(16)13-6-12(9)4-5-12/h7H,4-6H2,1-3H3,(H,13,16). The molecule has 0 unspecified atom stereocenters. The van der Waals surface area contributed by atoms with E-state index in [9.17, 15) is 4.79 Å². The zero-order valence-electron chi connectivity index (χ0n) is 10.0. The fourth-order valence-corrected chi connectivity index (χ4v) is 2.64. The van der Waals surface area contributed by atoms with Crippen LogP contribution in [-0.4, -0.2) is 22.0 Å². The molecule has 1 aliphatic carbocycles. The molecule has 3 rings (SSSR count). The van der Waals surface area contributed by atoms with Gasteiger partial charge in [0.05, 0.1) is 5.69 Å². The summed E-state index contributed by atoms with van der Waals surface area (Å²) in [5, 5.41) is 2.98. The van der Waals surface area contributed by atoms with E-state index in [0.717, 1.165) is 36.6 Å². The third-order valence-corrected chi connectivity index (χ3v) is 3.80. The van der Waals surface area contributed by atoms with Crippen molar-refractivity contribution in [2.24, 2.45) is 7.05 Å². The third-order valence-electron chi connectivity index (χ3n) is 3.80. The van der Waals surface area contributed by atoms with E-state index < -0.39 is 0 Å². The number of hydrogen-bond acceptors (Lipinski definition) is 2. The lowest BCUT2D eigenvalue weighted by atomic mass is 9.97. The van der Waals surface area contributed by atoms with Crippen molar-refractivity contribution in [2.45, 2.75) is 38.0 Å². The van der Waals surface area contributed by atoms with E-state index in [0.29, 0.717) is 5.92 Å². The maximum atomic E-state index is 11.9. The highest BCUT2D eigenvalue weighted by molar-refractivity contribution is 5.96. The van der Waals surface area contributed by atoms with Crippen LogP contribution in [0.3, 0.4) is 0 Å². The van der Waals surface area contributed by atoms with Gasteiger partial charge in [0.1, 0.15) is 11.5 Å². The highest BCUT2D eigenvalue weighted by atomic mass is 16.2. The van der Waals surface area contributed by atoms with Crippen LogP contribution in [0, 0.1) is 0 Å². The zero-order valence-corrected chi connectivity index (χ0v) is 10.0. The van der Waals surface area contributed by atoms with Crippen LogP contribution in [0.25, 0.3) is 0 Å². The summed E-state index contributed by atoms with van der Waals surface area (Å²) < 4.78 is 1.97. The topological polar surface area (TPSA) is 46.9 Å². The van der Waals surface area contributed by atoms with Gasteiger partial charge in [0.15, 0.2) is 0 Å². The molecule has 0 atom stereocenters. The van der Waals surface area contributed by atoms with E-state index in [2.05, 4.69) is 19.2 Å². The molecule has 0 saturated heterocycles. The normalized spacial score (nSPS) is 21.1. The lowest BCUT2D eigenvalue weighted by Crippen LogP contribution is -2.40. The van der Waals surface area contributed by atoms with Crippen LogP contribution in [0.2, 0.25) is 0 Å². The van der Waals surface area contributed by atoms with E-state index in [-0.39, 0.29) is 11.3 Å². The van der Waals surface area contributed by atoms with Crippen molar-refractivity contribution in [2.75, 3.05) is 6.54 Å². The number of amides is 1. The van der Waals surface area contributed by atoms with Crippen LogP contribution in [-0.2, 0) is 12.5 Å². The van der Waals surface area contributed by atoms with Gasteiger partial charge in [0, 0.05) is 24.9 Å². The Kier molecular flexibility index (Phi) is 1.77. The Hall–Kier alpha value is -1.32. The SMILES string of the molecule is CC(C)c1nc2c(n1C)C(=O)NCC21CC1. The van der Waals surface area contributed by atoms with Crippen LogP contribution in [0.15, 0.2) is 0 Å². The molecule has 0 aromatic carbocycles. The lowest BCUT2D eigenvalue weighted by Gasteiger charge is -2.21. The van der Waals surface area contributed by atoms with Crippen LogP contribution in [0.4, 0.5) is 0 Å². The molecule has 0 radical (unpaired) electrons. The third kappa shape index (κ3) is 1.10. The van der Waals surface area contributed by atoms with E-state index in [4.69, 9.17) is 4.98 Å². The zero-order chi connectivity index (χ0) is 11.5. The minimum atomic E-state index is 0.0365. The van der Waals surface area contributed by atoms with Crippen molar-refractivity contribution in [1.82, 2.24) is 14.9 Å². The van der Waals surface area contributed by atoms with Crippen LogP contribution >= 0.6 is 0 Å². The molecule has 4 heteroatoms. The Bertz CT molecular complexity index is 469. The van der Waals surface area contributed by atoms with Gasteiger partial charge < -0.3 is 9.88 Å². The van der Waals surface area contributed by atoms with E-state index in [1.165, 1.54) is 0 Å². The maximum Gasteiger partial charge on any atom is 0.269 e. The minimum absolute atomic E-state index is 0.0365. The number of nitrogens with one attached hydrogen (secondary N) is 1. The van der Waals surface area contributed by atoms with Crippen molar-refractivity contribution in [3.63, 3.8) is 0 Å². The molecular weight excluding hydrogens is 202 g/mol. The fraction of sp³-hybridized carbons (Fsp3) is 0.667. The number of carbonyl (C=O) groups is 1. The van der Waals surface area contributed by atoms with Gasteiger partial charge in [-0.1, -0.05) is 13.8 Å². The molecule has 2 aliphatic rings. The quantitative estimate of drug-likeness (QED) is 0.774. The second kappa shape index (κ2) is 2.87. The predicted molar refractivity (Wildman–Crippen MR) is 60.5 cm³/mol. The first-order chi connectivity index (χ1) is 7.55. The Morgan fingerprint density at radius 2 is 2.12 bits per heavy atom. The number of imidazole rings is 1. The molecule has 1 aromatic rings. The number of rotatable bonds is 1. The summed E-state index contributed by atoms with van der Waals surface area (Å²) in [5.74, 6) is 1.42. The summed E-state index contributed by atoms with van der Waals surface area (Å²) in [6, 6.07) is 0. The molecule has 0 bridgehead atoms. The molecule has 1 aromatic heterocycles. The molecule has 1 aliphatic heterocycles. The monoisotopic (exact) mass is 219 g/mol. The van der Waals surface area contributed by atoms with Crippen molar-refractivity contribution >= 4 is 5.91 Å². The largest absolute Gasteiger partial charge is 0.350 e. The molecule has 86 valence electrons. The number of aromatic nitrogens is 2. The van der Waals surface area contributed by atoms with Crippen LogP contribution < -0.4 is 5.32 Å². The summed E-state index contributed by atoms with van der Waals surface area (Å²) in [6.45, 7) is 5.00. The minimum Gasteiger partial charge on any atom is -0.350 e. The summed E-state index contributed by atoms with van der Waals surface area (Å²) in [6.07, 6.45) is 2.32. The fourth-order valence-electron chi connectivity index (χ4n) is 2.64. The summed E-state index contributed by atoms with van der Waals surface area (Å²) >= 11 is 0. The van der Waals surface area contributed by atoms with Gasteiger partial charge >= 0.3 is 0 Å². The molecule has 1 amide bonds. The van der Waals surface area contributed by atoms with Gasteiger partial charge in [0.2, 0.25) is 0 Å². The van der Waals surface area contributed by atoms with Crippen molar-refractivity contribution in [1.29, 1.82) is 0 Å². The second-order valence-corrected chi connectivity index (χ2v) is 5.34. The van der Waals surface area contributed by atoms with Gasteiger partial charge in [-0.05, 0) is 12.8 Å². The smallest absolute Gasteiger partial charge is 0.269 e. The Balaban J connectivity index is 2.21. The first-order valence-electron chi connectivity index (χ1n) is 5.90. The van der Waals surface area contributed by atoms with Gasteiger partial charge in [-0.25, -0.2) is 4.98 Å². The number of carbonyl (C=O) groups excluding carboxylic acids is 1. The van der Waals surface area contributed by atoms with Gasteiger partial charge in [-0.15, -0.1) is 0 Å². The molecule has 1 fully saturated rings.